The van der Waals surface area contributed by atoms with Crippen LogP contribution in [-0.4, -0.2) is 27.3 Å². The number of sulfone groups is 1. The molecule has 0 aromatic heterocycles. The molecule has 0 fully saturated rings. The van der Waals surface area contributed by atoms with Crippen molar-refractivity contribution in [2.24, 2.45) is 0 Å². The zero-order valence-electron chi connectivity index (χ0n) is 9.95. The average Bonchev–Trinajstić information content (AvgIpc) is 2.29. The number of nitrogens with one attached hydrogen (secondary N) is 1. The number of benzene rings is 1. The van der Waals surface area contributed by atoms with E-state index in [9.17, 15) is 8.42 Å². The van der Waals surface area contributed by atoms with Gasteiger partial charge < -0.3 is 5.32 Å². The van der Waals surface area contributed by atoms with E-state index in [-0.39, 0.29) is 5.75 Å². The minimum atomic E-state index is -3.19. The van der Waals surface area contributed by atoms with Gasteiger partial charge >= 0.3 is 0 Å². The van der Waals surface area contributed by atoms with Gasteiger partial charge in [-0.1, -0.05) is 24.9 Å². The number of unbranched alkanes of at least 4 members (excludes halogenated alkanes) is 1. The maximum absolute atomic E-state index is 11.9. The van der Waals surface area contributed by atoms with Gasteiger partial charge in [-0.15, -0.1) is 0 Å². The first-order valence-electron chi connectivity index (χ1n) is 5.75. The lowest BCUT2D eigenvalue weighted by Crippen LogP contribution is -2.23. The molecule has 0 radical (unpaired) electrons. The van der Waals surface area contributed by atoms with Gasteiger partial charge in [-0.05, 0) is 37.2 Å². The van der Waals surface area contributed by atoms with Gasteiger partial charge in [0.05, 0.1) is 10.6 Å². The van der Waals surface area contributed by atoms with Crippen LogP contribution in [0, 0.1) is 0 Å². The average molecular weight is 276 g/mol. The molecule has 0 saturated heterocycles. The molecule has 0 unspecified atom stereocenters. The molecule has 0 saturated carbocycles. The fourth-order valence-electron chi connectivity index (χ4n) is 1.39. The van der Waals surface area contributed by atoms with Crippen molar-refractivity contribution in [2.75, 3.05) is 18.8 Å². The van der Waals surface area contributed by atoms with E-state index in [0.29, 0.717) is 16.5 Å². The highest BCUT2D eigenvalue weighted by atomic mass is 35.5. The molecule has 5 heteroatoms. The summed E-state index contributed by atoms with van der Waals surface area (Å²) in [4.78, 5) is 0.333. The molecule has 3 nitrogen and oxygen atoms in total. The van der Waals surface area contributed by atoms with Crippen molar-refractivity contribution in [3.05, 3.63) is 29.3 Å². The van der Waals surface area contributed by atoms with Crippen molar-refractivity contribution in [2.45, 2.75) is 24.7 Å². The summed E-state index contributed by atoms with van der Waals surface area (Å²) >= 11 is 5.72. The summed E-state index contributed by atoms with van der Waals surface area (Å²) in [6.45, 7) is 3.46. The highest BCUT2D eigenvalue weighted by molar-refractivity contribution is 7.91. The minimum absolute atomic E-state index is 0.123. The minimum Gasteiger partial charge on any atom is -0.316 e. The molecule has 0 bridgehead atoms. The summed E-state index contributed by atoms with van der Waals surface area (Å²) in [5.41, 5.74) is 0. The lowest BCUT2D eigenvalue weighted by molar-refractivity contribution is 0.588. The van der Waals surface area contributed by atoms with E-state index in [1.54, 1.807) is 24.3 Å². The fraction of sp³-hybridized carbons (Fsp3) is 0.500. The van der Waals surface area contributed by atoms with Crippen molar-refractivity contribution in [1.82, 2.24) is 5.32 Å². The largest absolute Gasteiger partial charge is 0.316 e. The first kappa shape index (κ1) is 14.5. The zero-order valence-corrected chi connectivity index (χ0v) is 11.5. The predicted molar refractivity (Wildman–Crippen MR) is 71.3 cm³/mol. The van der Waals surface area contributed by atoms with Gasteiger partial charge in [0.2, 0.25) is 0 Å². The van der Waals surface area contributed by atoms with Crippen molar-refractivity contribution in [1.29, 1.82) is 0 Å². The van der Waals surface area contributed by atoms with Crippen LogP contribution in [0.2, 0.25) is 5.02 Å². The summed E-state index contributed by atoms with van der Waals surface area (Å²) < 4.78 is 23.8. The quantitative estimate of drug-likeness (QED) is 0.778. The first-order chi connectivity index (χ1) is 8.06. The van der Waals surface area contributed by atoms with Crippen LogP contribution in [0.5, 0.6) is 0 Å². The number of rotatable bonds is 7. The van der Waals surface area contributed by atoms with Gasteiger partial charge in [0.25, 0.3) is 0 Å². The van der Waals surface area contributed by atoms with Gasteiger partial charge in [-0.25, -0.2) is 8.42 Å². The second kappa shape index (κ2) is 6.99. The van der Waals surface area contributed by atoms with Crippen molar-refractivity contribution in [3.63, 3.8) is 0 Å². The van der Waals surface area contributed by atoms with E-state index < -0.39 is 9.84 Å². The standard InChI is InChI=1S/C12H18ClNO2S/c1-2-3-8-14-9-10-17(15,16)12-6-4-11(13)5-7-12/h4-7,14H,2-3,8-10H2,1H3. The number of hydrogen-bond donors (Lipinski definition) is 1. The van der Waals surface area contributed by atoms with Crippen LogP contribution in [0.25, 0.3) is 0 Å². The Morgan fingerprint density at radius 2 is 1.82 bits per heavy atom. The summed E-state index contributed by atoms with van der Waals surface area (Å²) in [6.07, 6.45) is 2.18. The van der Waals surface area contributed by atoms with Crippen LogP contribution >= 0.6 is 11.6 Å². The third-order valence-corrected chi connectivity index (χ3v) is 4.41. The van der Waals surface area contributed by atoms with Crippen molar-refractivity contribution in [3.8, 4) is 0 Å². The van der Waals surface area contributed by atoms with E-state index in [2.05, 4.69) is 12.2 Å². The monoisotopic (exact) mass is 275 g/mol. The fourth-order valence-corrected chi connectivity index (χ4v) is 2.72. The number of halogens is 1. The highest BCUT2D eigenvalue weighted by Gasteiger charge is 2.13. The van der Waals surface area contributed by atoms with E-state index in [1.165, 1.54) is 0 Å². The topological polar surface area (TPSA) is 46.2 Å². The van der Waals surface area contributed by atoms with Crippen LogP contribution in [0.15, 0.2) is 29.2 Å². The summed E-state index contributed by atoms with van der Waals surface area (Å²) in [7, 11) is -3.19. The first-order valence-corrected chi connectivity index (χ1v) is 7.78. The van der Waals surface area contributed by atoms with Gasteiger partial charge in [0, 0.05) is 11.6 Å². The third-order valence-electron chi connectivity index (χ3n) is 2.43. The molecular formula is C12H18ClNO2S. The Morgan fingerprint density at radius 3 is 2.41 bits per heavy atom. The Hall–Kier alpha value is -0.580. The van der Waals surface area contributed by atoms with Gasteiger partial charge in [0.1, 0.15) is 0 Å². The van der Waals surface area contributed by atoms with E-state index in [1.807, 2.05) is 0 Å². The van der Waals surface area contributed by atoms with E-state index >= 15 is 0 Å². The molecule has 0 amide bonds. The molecule has 0 aliphatic heterocycles. The Kier molecular flexibility index (Phi) is 5.95. The molecule has 1 aromatic rings. The van der Waals surface area contributed by atoms with Crippen LogP contribution in [0.1, 0.15) is 19.8 Å². The summed E-state index contributed by atoms with van der Waals surface area (Å²) in [5, 5.41) is 3.66. The van der Waals surface area contributed by atoms with Gasteiger partial charge in [-0.2, -0.15) is 0 Å². The molecule has 0 aliphatic carbocycles. The smallest absolute Gasteiger partial charge is 0.179 e. The molecule has 0 aliphatic rings. The Balaban J connectivity index is 2.48. The van der Waals surface area contributed by atoms with Gasteiger partial charge in [0.15, 0.2) is 9.84 Å². The van der Waals surface area contributed by atoms with E-state index in [4.69, 9.17) is 11.6 Å². The third kappa shape index (κ3) is 5.06. The normalized spacial score (nSPS) is 11.6. The Morgan fingerprint density at radius 1 is 1.18 bits per heavy atom. The van der Waals surface area contributed by atoms with Crippen LogP contribution in [-0.2, 0) is 9.84 Å². The SMILES string of the molecule is CCCCNCCS(=O)(=O)c1ccc(Cl)cc1. The molecule has 0 atom stereocenters. The Bertz CT molecular complexity index is 428. The summed E-state index contributed by atoms with van der Waals surface area (Å²) in [5.74, 6) is 0.123. The lowest BCUT2D eigenvalue weighted by atomic mass is 10.3. The molecule has 1 aromatic carbocycles. The van der Waals surface area contributed by atoms with Crippen molar-refractivity contribution < 1.29 is 8.42 Å². The van der Waals surface area contributed by atoms with Crippen LogP contribution in [0.3, 0.4) is 0 Å². The number of hydrogen-bond acceptors (Lipinski definition) is 3. The second-order valence-electron chi connectivity index (χ2n) is 3.88. The highest BCUT2D eigenvalue weighted by Crippen LogP contribution is 2.14. The summed E-state index contributed by atoms with van der Waals surface area (Å²) in [6, 6.07) is 6.28. The molecule has 1 rings (SSSR count). The van der Waals surface area contributed by atoms with Crippen molar-refractivity contribution >= 4 is 21.4 Å². The molecule has 1 N–H and O–H groups in total. The molecular weight excluding hydrogens is 258 g/mol. The van der Waals surface area contributed by atoms with Crippen LogP contribution in [0.4, 0.5) is 0 Å². The van der Waals surface area contributed by atoms with Crippen LogP contribution < -0.4 is 5.32 Å². The predicted octanol–water partition coefficient (Wildman–Crippen LogP) is 2.50. The molecule has 0 heterocycles. The lowest BCUT2D eigenvalue weighted by Gasteiger charge is -2.06. The maximum atomic E-state index is 11.9. The maximum Gasteiger partial charge on any atom is 0.179 e. The van der Waals surface area contributed by atoms with Gasteiger partial charge in [-0.3, -0.25) is 0 Å². The van der Waals surface area contributed by atoms with E-state index in [0.717, 1.165) is 19.4 Å². The molecule has 17 heavy (non-hydrogen) atoms. The zero-order chi connectivity index (χ0) is 12.7. The molecule has 96 valence electrons. The Labute approximate surface area is 108 Å². The second-order valence-corrected chi connectivity index (χ2v) is 6.42. The molecule has 0 spiro atoms.